The smallest absolute Gasteiger partial charge is 0.235 e. The molecule has 4 N–H and O–H groups in total. The molecule has 2 aliphatic heterocycles. The van der Waals surface area contributed by atoms with Gasteiger partial charge in [0.15, 0.2) is 0 Å². The van der Waals surface area contributed by atoms with Crippen molar-refractivity contribution in [3.8, 4) is 5.75 Å². The number of ether oxygens (including phenoxy) is 1. The first-order valence-corrected chi connectivity index (χ1v) is 12.9. The summed E-state index contributed by atoms with van der Waals surface area (Å²) in [6.45, 7) is 3.46. The second-order valence-electron chi connectivity index (χ2n) is 8.67. The van der Waals surface area contributed by atoms with E-state index in [1.807, 2.05) is 54.6 Å². The molecule has 3 aromatic carbocycles. The van der Waals surface area contributed by atoms with Gasteiger partial charge >= 0.3 is 0 Å². The molecule has 2 atom stereocenters. The minimum atomic E-state index is -3.49. The topological polar surface area (TPSA) is 109 Å². The van der Waals surface area contributed by atoms with Crippen molar-refractivity contribution in [2.45, 2.75) is 31.9 Å². The van der Waals surface area contributed by atoms with Gasteiger partial charge < -0.3 is 15.8 Å². The zero-order valence-electron chi connectivity index (χ0n) is 19.4. The van der Waals surface area contributed by atoms with Gasteiger partial charge in [0, 0.05) is 18.5 Å². The van der Waals surface area contributed by atoms with Crippen molar-refractivity contribution >= 4 is 57.1 Å². The van der Waals surface area contributed by atoms with Crippen LogP contribution in [0, 0.1) is 5.41 Å². The number of hydrogen-bond donors (Lipinski definition) is 3. The number of nitrogens with one attached hydrogen (secondary N) is 2. The normalized spacial score (nSPS) is 19.1. The summed E-state index contributed by atoms with van der Waals surface area (Å²) >= 11 is 0. The van der Waals surface area contributed by atoms with E-state index in [9.17, 15) is 8.42 Å². The van der Waals surface area contributed by atoms with E-state index in [1.54, 1.807) is 11.2 Å². The van der Waals surface area contributed by atoms with Crippen molar-refractivity contribution in [1.29, 1.82) is 5.41 Å². The van der Waals surface area contributed by atoms with Gasteiger partial charge in [-0.15, -0.1) is 24.8 Å². The van der Waals surface area contributed by atoms with E-state index in [4.69, 9.17) is 15.9 Å². The molecule has 1 saturated heterocycles. The summed E-state index contributed by atoms with van der Waals surface area (Å²) in [6.07, 6.45) is 1.69. The van der Waals surface area contributed by atoms with Crippen LogP contribution in [-0.2, 0) is 16.4 Å². The summed E-state index contributed by atoms with van der Waals surface area (Å²) in [5, 5.41) is 13.0. The summed E-state index contributed by atoms with van der Waals surface area (Å²) in [5.74, 6) is 0.814. The second-order valence-corrected chi connectivity index (χ2v) is 10.8. The first kappa shape index (κ1) is 27.1. The van der Waals surface area contributed by atoms with Crippen LogP contribution in [0.5, 0.6) is 5.75 Å². The van der Waals surface area contributed by atoms with Crippen LogP contribution in [0.15, 0.2) is 54.6 Å². The Morgan fingerprint density at radius 1 is 1.11 bits per heavy atom. The predicted molar refractivity (Wildman–Crippen MR) is 146 cm³/mol. The van der Waals surface area contributed by atoms with Crippen molar-refractivity contribution < 1.29 is 13.2 Å². The summed E-state index contributed by atoms with van der Waals surface area (Å²) in [4.78, 5) is 0. The van der Waals surface area contributed by atoms with E-state index in [2.05, 4.69) is 5.32 Å². The number of nitrogens with two attached hydrogens (primary N) is 1. The fourth-order valence-corrected chi connectivity index (χ4v) is 6.11. The number of amidine groups is 1. The van der Waals surface area contributed by atoms with Gasteiger partial charge in [-0.3, -0.25) is 9.71 Å². The number of nitrogen functional groups attached to an aromatic ring is 1. The minimum Gasteiger partial charge on any atom is -0.489 e. The van der Waals surface area contributed by atoms with Crippen LogP contribution < -0.4 is 20.1 Å². The molecule has 0 spiro atoms. The van der Waals surface area contributed by atoms with E-state index >= 15 is 0 Å². The van der Waals surface area contributed by atoms with Gasteiger partial charge in [-0.25, -0.2) is 8.42 Å². The Morgan fingerprint density at radius 3 is 2.57 bits per heavy atom. The fourth-order valence-electron chi connectivity index (χ4n) is 4.77. The molecule has 0 saturated carbocycles. The second kappa shape index (κ2) is 10.6. The molecule has 188 valence electrons. The molecule has 0 bridgehead atoms. The number of hydrogen-bond acceptors (Lipinski definition) is 5. The summed E-state index contributed by atoms with van der Waals surface area (Å²) in [6, 6.07) is 17.0. The summed E-state index contributed by atoms with van der Waals surface area (Å²) < 4.78 is 34.0. The third kappa shape index (κ3) is 5.21. The number of fused-ring (bicyclic) bond motifs is 2. The van der Waals surface area contributed by atoms with Gasteiger partial charge in [-0.2, -0.15) is 0 Å². The van der Waals surface area contributed by atoms with Crippen LogP contribution in [0.4, 0.5) is 5.69 Å². The average Bonchev–Trinajstić information content (AvgIpc) is 3.46. The zero-order chi connectivity index (χ0) is 23.2. The monoisotopic (exact) mass is 536 g/mol. The highest BCUT2D eigenvalue weighted by Crippen LogP contribution is 2.44. The van der Waals surface area contributed by atoms with Crippen molar-refractivity contribution in [1.82, 2.24) is 5.32 Å². The maximum Gasteiger partial charge on any atom is 0.235 e. The maximum atomic E-state index is 13.2. The number of sulfonamides is 1. The number of anilines is 1. The molecule has 7 nitrogen and oxygen atoms in total. The molecule has 2 aliphatic rings. The van der Waals surface area contributed by atoms with Gasteiger partial charge in [0.2, 0.25) is 10.0 Å². The Bertz CT molecular complexity index is 1340. The average molecular weight is 538 g/mol. The third-order valence-corrected chi connectivity index (χ3v) is 8.31. The van der Waals surface area contributed by atoms with Crippen LogP contribution in [0.2, 0.25) is 0 Å². The van der Waals surface area contributed by atoms with E-state index < -0.39 is 10.0 Å². The minimum absolute atomic E-state index is 0. The lowest BCUT2D eigenvalue weighted by Gasteiger charge is -2.27. The van der Waals surface area contributed by atoms with Gasteiger partial charge in [0.05, 0.1) is 17.5 Å². The number of rotatable bonds is 6. The number of halogens is 2. The first-order chi connectivity index (χ1) is 15.9. The van der Waals surface area contributed by atoms with Crippen LogP contribution in [-0.4, -0.2) is 39.2 Å². The quantitative estimate of drug-likeness (QED) is 0.323. The molecule has 1 fully saturated rings. The Morgan fingerprint density at radius 2 is 1.89 bits per heavy atom. The van der Waals surface area contributed by atoms with Crippen LogP contribution in [0.3, 0.4) is 0 Å². The Hall–Kier alpha value is -2.52. The molecule has 0 aromatic heterocycles. The third-order valence-electron chi connectivity index (χ3n) is 6.53. The van der Waals surface area contributed by atoms with E-state index in [0.29, 0.717) is 12.0 Å². The standard InChI is InChI=1S/C25H28N4O3S.2ClH/c1-2-33(30,31)29-23-8-7-21(32-22-9-10-28-15-22)13-20(23)14-24(29)17-5-3-16-4-6-18(25(26)27)12-19(16)11-17;;/h3-8,11-13,22,24,28H,2,9-10,14-15H2,1H3,(H3,26,27);2*1H. The highest BCUT2D eigenvalue weighted by Gasteiger charge is 2.38. The largest absolute Gasteiger partial charge is 0.489 e. The van der Waals surface area contributed by atoms with Crippen molar-refractivity contribution in [2.75, 3.05) is 23.1 Å². The molecular weight excluding hydrogens is 507 g/mol. The van der Waals surface area contributed by atoms with Crippen molar-refractivity contribution in [2.24, 2.45) is 5.73 Å². The fraction of sp³-hybridized carbons (Fsp3) is 0.320. The van der Waals surface area contributed by atoms with Crippen LogP contribution >= 0.6 is 24.8 Å². The lowest BCUT2D eigenvalue weighted by Crippen LogP contribution is -2.33. The highest BCUT2D eigenvalue weighted by molar-refractivity contribution is 7.92. The lowest BCUT2D eigenvalue weighted by molar-refractivity contribution is 0.223. The molecule has 0 aliphatic carbocycles. The Kier molecular flexibility index (Phi) is 8.21. The van der Waals surface area contributed by atoms with Gasteiger partial charge in [-0.05, 0) is 72.1 Å². The van der Waals surface area contributed by atoms with Crippen molar-refractivity contribution in [3.63, 3.8) is 0 Å². The number of benzene rings is 3. The molecule has 35 heavy (non-hydrogen) atoms. The number of nitrogens with zero attached hydrogens (tertiary/aromatic N) is 1. The zero-order valence-corrected chi connectivity index (χ0v) is 21.8. The molecule has 5 rings (SSSR count). The van der Waals surface area contributed by atoms with Gasteiger partial charge in [0.1, 0.15) is 17.7 Å². The predicted octanol–water partition coefficient (Wildman–Crippen LogP) is 4.16. The molecule has 0 amide bonds. The maximum absolute atomic E-state index is 13.2. The SMILES string of the molecule is CCS(=O)(=O)N1c2ccc(OC3CCNC3)cc2CC1c1ccc2ccc(C(=N)N)cc2c1.Cl.Cl. The Labute approximate surface area is 218 Å². The first-order valence-electron chi connectivity index (χ1n) is 11.3. The Balaban J connectivity index is 0.00000171. The highest BCUT2D eigenvalue weighted by atomic mass is 35.5. The van der Waals surface area contributed by atoms with Crippen LogP contribution in [0.1, 0.15) is 36.1 Å². The molecule has 2 unspecified atom stereocenters. The van der Waals surface area contributed by atoms with Crippen molar-refractivity contribution in [3.05, 3.63) is 71.3 Å². The van der Waals surface area contributed by atoms with Crippen LogP contribution in [0.25, 0.3) is 10.8 Å². The van der Waals surface area contributed by atoms with E-state index in [1.165, 1.54) is 0 Å². The molecule has 0 radical (unpaired) electrons. The summed E-state index contributed by atoms with van der Waals surface area (Å²) in [7, 11) is -3.49. The lowest BCUT2D eigenvalue weighted by atomic mass is 9.98. The molecule has 10 heteroatoms. The summed E-state index contributed by atoms with van der Waals surface area (Å²) in [5.41, 5.74) is 8.93. The molecular formula is C25H30Cl2N4O3S. The van der Waals surface area contributed by atoms with E-state index in [-0.39, 0.29) is 48.5 Å². The molecule has 3 aromatic rings. The van der Waals surface area contributed by atoms with E-state index in [0.717, 1.165) is 52.8 Å². The van der Waals surface area contributed by atoms with Gasteiger partial charge in [-0.1, -0.05) is 24.3 Å². The molecule has 2 heterocycles. The van der Waals surface area contributed by atoms with Gasteiger partial charge in [0.25, 0.3) is 0 Å².